The van der Waals surface area contributed by atoms with Gasteiger partial charge in [-0.1, -0.05) is 84.6 Å². The Morgan fingerprint density at radius 2 is 1.39 bits per heavy atom. The van der Waals surface area contributed by atoms with E-state index in [1.165, 1.54) is 0 Å². The van der Waals surface area contributed by atoms with Crippen molar-refractivity contribution in [2.45, 2.75) is 12.2 Å². The molecule has 0 saturated carbocycles. The number of hydrogen-bond donors (Lipinski definition) is 1. The molecule has 4 nitrogen and oxygen atoms in total. The van der Waals surface area contributed by atoms with Crippen LogP contribution in [0.2, 0.25) is 0 Å². The Bertz CT molecular complexity index is 913. The zero-order valence-electron chi connectivity index (χ0n) is 15.3. The first-order valence-corrected chi connectivity index (χ1v) is 9.99. The summed E-state index contributed by atoms with van der Waals surface area (Å²) >= 11 is 1.16. The van der Waals surface area contributed by atoms with Crippen molar-refractivity contribution < 1.29 is 14.3 Å². The van der Waals surface area contributed by atoms with E-state index in [9.17, 15) is 9.59 Å². The number of carbonyl (C=O) groups is 2. The summed E-state index contributed by atoms with van der Waals surface area (Å²) in [6, 6.07) is 26.5. The summed E-state index contributed by atoms with van der Waals surface area (Å²) in [5.74, 6) is 0.121. The maximum Gasteiger partial charge on any atom is 0.340 e. The Morgan fingerprint density at radius 1 is 0.786 bits per heavy atom. The number of hydrogen-bond acceptors (Lipinski definition) is 4. The van der Waals surface area contributed by atoms with Crippen LogP contribution < -0.4 is 5.32 Å². The SMILES string of the molecule is O=C(Nc1ccccc1C(=O)OCCc1ccccc1)SCc1ccccc1. The van der Waals surface area contributed by atoms with Gasteiger partial charge in [0, 0.05) is 12.2 Å². The van der Waals surface area contributed by atoms with Gasteiger partial charge in [0.05, 0.1) is 17.9 Å². The second-order valence-corrected chi connectivity index (χ2v) is 7.05. The Balaban J connectivity index is 1.54. The molecule has 0 fully saturated rings. The standard InChI is InChI=1S/C23H21NO3S/c25-22(27-16-15-18-9-3-1-4-10-18)20-13-7-8-14-21(20)24-23(26)28-17-19-11-5-2-6-12-19/h1-14H,15-17H2,(H,24,26). The number of carbonyl (C=O) groups excluding carboxylic acids is 2. The highest BCUT2D eigenvalue weighted by molar-refractivity contribution is 8.13. The molecule has 28 heavy (non-hydrogen) atoms. The fraction of sp³-hybridized carbons (Fsp3) is 0.130. The summed E-state index contributed by atoms with van der Waals surface area (Å²) in [4.78, 5) is 24.7. The zero-order valence-corrected chi connectivity index (χ0v) is 16.2. The van der Waals surface area contributed by atoms with Crippen LogP contribution in [-0.4, -0.2) is 17.8 Å². The molecule has 0 atom stereocenters. The smallest absolute Gasteiger partial charge is 0.340 e. The number of rotatable bonds is 7. The Morgan fingerprint density at radius 3 is 2.11 bits per heavy atom. The van der Waals surface area contributed by atoms with Crippen LogP contribution >= 0.6 is 11.8 Å². The highest BCUT2D eigenvalue weighted by atomic mass is 32.2. The highest BCUT2D eigenvalue weighted by Crippen LogP contribution is 2.20. The van der Waals surface area contributed by atoms with Gasteiger partial charge in [0.25, 0.3) is 5.24 Å². The van der Waals surface area contributed by atoms with Crippen molar-refractivity contribution in [1.29, 1.82) is 0 Å². The molecular formula is C23H21NO3S. The fourth-order valence-corrected chi connectivity index (χ4v) is 3.30. The highest BCUT2D eigenvalue weighted by Gasteiger charge is 2.14. The van der Waals surface area contributed by atoms with Crippen LogP contribution in [0.5, 0.6) is 0 Å². The molecular weight excluding hydrogens is 370 g/mol. The molecule has 1 N–H and O–H groups in total. The molecule has 0 bridgehead atoms. The van der Waals surface area contributed by atoms with Gasteiger partial charge in [0.1, 0.15) is 0 Å². The van der Waals surface area contributed by atoms with E-state index >= 15 is 0 Å². The number of anilines is 1. The van der Waals surface area contributed by atoms with Gasteiger partial charge in [-0.05, 0) is 23.3 Å². The lowest BCUT2D eigenvalue weighted by Crippen LogP contribution is -2.13. The van der Waals surface area contributed by atoms with Gasteiger partial charge in [-0.3, -0.25) is 4.79 Å². The zero-order chi connectivity index (χ0) is 19.6. The number of amides is 1. The molecule has 0 saturated heterocycles. The molecule has 3 rings (SSSR count). The van der Waals surface area contributed by atoms with Crippen molar-refractivity contribution in [2.75, 3.05) is 11.9 Å². The first kappa shape index (κ1) is 19.7. The molecule has 0 aliphatic heterocycles. The van der Waals surface area contributed by atoms with Crippen molar-refractivity contribution >= 4 is 28.7 Å². The molecule has 0 unspecified atom stereocenters. The van der Waals surface area contributed by atoms with E-state index in [1.807, 2.05) is 60.7 Å². The predicted octanol–water partition coefficient (Wildman–Crippen LogP) is 5.55. The van der Waals surface area contributed by atoms with Crippen molar-refractivity contribution in [3.05, 3.63) is 102 Å². The molecule has 0 spiro atoms. The second-order valence-electron chi connectivity index (χ2n) is 6.10. The van der Waals surface area contributed by atoms with Crippen LogP contribution in [0.25, 0.3) is 0 Å². The summed E-state index contributed by atoms with van der Waals surface area (Å²) in [5.41, 5.74) is 2.98. The van der Waals surface area contributed by atoms with E-state index < -0.39 is 5.97 Å². The normalized spacial score (nSPS) is 10.3. The van der Waals surface area contributed by atoms with E-state index in [0.717, 1.165) is 22.9 Å². The molecule has 0 aliphatic carbocycles. The van der Waals surface area contributed by atoms with E-state index in [4.69, 9.17) is 4.74 Å². The largest absolute Gasteiger partial charge is 0.462 e. The van der Waals surface area contributed by atoms with Crippen LogP contribution in [0.4, 0.5) is 10.5 Å². The first-order valence-electron chi connectivity index (χ1n) is 9.00. The number of benzene rings is 3. The molecule has 0 radical (unpaired) electrons. The van der Waals surface area contributed by atoms with E-state index in [1.54, 1.807) is 24.3 Å². The Labute approximate surface area is 168 Å². The third-order valence-corrected chi connectivity index (χ3v) is 4.91. The summed E-state index contributed by atoms with van der Waals surface area (Å²) in [7, 11) is 0. The minimum absolute atomic E-state index is 0.214. The van der Waals surface area contributed by atoms with Crippen molar-refractivity contribution in [3.8, 4) is 0 Å². The van der Waals surface area contributed by atoms with Crippen molar-refractivity contribution in [1.82, 2.24) is 0 Å². The number of para-hydroxylation sites is 1. The van der Waals surface area contributed by atoms with E-state index in [0.29, 0.717) is 23.4 Å². The van der Waals surface area contributed by atoms with Crippen molar-refractivity contribution in [3.63, 3.8) is 0 Å². The number of esters is 1. The van der Waals surface area contributed by atoms with Gasteiger partial charge < -0.3 is 10.1 Å². The molecule has 0 heterocycles. The summed E-state index contributed by atoms with van der Waals surface area (Å²) in [5, 5.41) is 2.58. The average Bonchev–Trinajstić information content (AvgIpc) is 2.74. The number of thioether (sulfide) groups is 1. The summed E-state index contributed by atoms with van der Waals surface area (Å²) in [6.45, 7) is 0.286. The number of nitrogens with one attached hydrogen (secondary N) is 1. The fourth-order valence-electron chi connectivity index (χ4n) is 2.62. The molecule has 0 aromatic heterocycles. The van der Waals surface area contributed by atoms with E-state index in [2.05, 4.69) is 5.32 Å². The molecule has 1 amide bonds. The molecule has 142 valence electrons. The summed E-state index contributed by atoms with van der Waals surface area (Å²) in [6.07, 6.45) is 0.647. The maximum atomic E-state index is 12.4. The predicted molar refractivity (Wildman–Crippen MR) is 114 cm³/mol. The third kappa shape index (κ3) is 5.99. The number of ether oxygens (including phenoxy) is 1. The summed E-state index contributed by atoms with van der Waals surface area (Å²) < 4.78 is 5.39. The van der Waals surface area contributed by atoms with Crippen LogP contribution in [0.3, 0.4) is 0 Å². The minimum atomic E-state index is -0.445. The van der Waals surface area contributed by atoms with Gasteiger partial charge in [-0.15, -0.1) is 0 Å². The lowest BCUT2D eigenvalue weighted by atomic mass is 10.1. The minimum Gasteiger partial charge on any atom is -0.462 e. The molecule has 3 aromatic carbocycles. The van der Waals surface area contributed by atoms with Gasteiger partial charge >= 0.3 is 5.97 Å². The van der Waals surface area contributed by atoms with Crippen LogP contribution in [0.15, 0.2) is 84.9 Å². The van der Waals surface area contributed by atoms with Gasteiger partial charge in [-0.25, -0.2) is 4.79 Å². The van der Waals surface area contributed by atoms with Gasteiger partial charge in [-0.2, -0.15) is 0 Å². The van der Waals surface area contributed by atoms with Crippen LogP contribution in [0, 0.1) is 0 Å². The third-order valence-electron chi connectivity index (χ3n) is 4.06. The first-order chi connectivity index (χ1) is 13.7. The monoisotopic (exact) mass is 391 g/mol. The quantitative estimate of drug-likeness (QED) is 0.536. The van der Waals surface area contributed by atoms with Crippen LogP contribution in [-0.2, 0) is 16.9 Å². The Hall–Kier alpha value is -3.05. The van der Waals surface area contributed by atoms with Crippen molar-refractivity contribution in [2.24, 2.45) is 0 Å². The maximum absolute atomic E-state index is 12.4. The topological polar surface area (TPSA) is 55.4 Å². The average molecular weight is 391 g/mol. The molecule has 3 aromatic rings. The van der Waals surface area contributed by atoms with Crippen LogP contribution in [0.1, 0.15) is 21.5 Å². The second kappa shape index (κ2) is 10.3. The van der Waals surface area contributed by atoms with E-state index in [-0.39, 0.29) is 11.8 Å². The lowest BCUT2D eigenvalue weighted by molar-refractivity contribution is 0.0510. The molecule has 5 heteroatoms. The van der Waals surface area contributed by atoms with Gasteiger partial charge in [0.2, 0.25) is 0 Å². The van der Waals surface area contributed by atoms with Gasteiger partial charge in [0.15, 0.2) is 0 Å². The molecule has 0 aliphatic rings. The Kier molecular flexibility index (Phi) is 7.27. The lowest BCUT2D eigenvalue weighted by Gasteiger charge is -2.11.